The number of hydrogen-bond acceptors (Lipinski definition) is 1. The van der Waals surface area contributed by atoms with Gasteiger partial charge >= 0.3 is 0 Å². The molecular formula is C17H26BrClN2O. The summed E-state index contributed by atoms with van der Waals surface area (Å²) < 4.78 is 0. The van der Waals surface area contributed by atoms with Crippen molar-refractivity contribution in [2.75, 3.05) is 26.2 Å². The molecule has 1 heterocycles. The third-order valence-corrected chi connectivity index (χ3v) is 4.62. The lowest BCUT2D eigenvalue weighted by molar-refractivity contribution is -0.921. The average Bonchev–Trinajstić information content (AvgIpc) is 2.48. The highest BCUT2D eigenvalue weighted by Crippen LogP contribution is 2.13. The summed E-state index contributed by atoms with van der Waals surface area (Å²) in [7, 11) is 0. The molecule has 1 aliphatic rings. The minimum Gasteiger partial charge on any atom is -1.00 e. The Morgan fingerprint density at radius 1 is 1.36 bits per heavy atom. The number of amides is 1. The molecule has 0 saturated carbocycles. The van der Waals surface area contributed by atoms with Gasteiger partial charge in [-0.05, 0) is 38.8 Å². The Morgan fingerprint density at radius 2 is 2.09 bits per heavy atom. The second-order valence-electron chi connectivity index (χ2n) is 5.86. The molecule has 0 radical (unpaired) electrons. The van der Waals surface area contributed by atoms with Crippen LogP contribution in [-0.2, 0) is 11.3 Å². The van der Waals surface area contributed by atoms with E-state index in [4.69, 9.17) is 11.6 Å². The van der Waals surface area contributed by atoms with Crippen molar-refractivity contribution in [3.8, 4) is 0 Å². The third kappa shape index (κ3) is 5.25. The van der Waals surface area contributed by atoms with Crippen molar-refractivity contribution >= 4 is 17.5 Å². The van der Waals surface area contributed by atoms with Crippen LogP contribution in [0.15, 0.2) is 24.3 Å². The first-order valence-corrected chi connectivity index (χ1v) is 8.38. The van der Waals surface area contributed by atoms with Crippen molar-refractivity contribution in [3.63, 3.8) is 0 Å². The fourth-order valence-electron chi connectivity index (χ4n) is 3.25. The van der Waals surface area contributed by atoms with Gasteiger partial charge in [0, 0.05) is 23.7 Å². The fraction of sp³-hybridized carbons (Fsp3) is 0.588. The largest absolute Gasteiger partial charge is 1.00 e. The van der Waals surface area contributed by atoms with Crippen molar-refractivity contribution in [1.82, 2.24) is 4.90 Å². The summed E-state index contributed by atoms with van der Waals surface area (Å²) in [5, 5.41) is 0.791. The summed E-state index contributed by atoms with van der Waals surface area (Å²) >= 11 is 6.05. The van der Waals surface area contributed by atoms with E-state index in [1.807, 2.05) is 23.1 Å². The summed E-state index contributed by atoms with van der Waals surface area (Å²) in [6.45, 7) is 8.80. The Bertz CT molecular complexity index is 479. The van der Waals surface area contributed by atoms with Crippen LogP contribution in [0.2, 0.25) is 5.02 Å². The van der Waals surface area contributed by atoms with Gasteiger partial charge in [-0.15, -0.1) is 0 Å². The molecule has 1 amide bonds. The standard InChI is InChI=1S/C17H25ClN2O.BrH/c1-3-20(4-2)17(21)15-8-6-10-19(13-15)12-14-7-5-9-16(18)11-14;/h5,7,9,11,15H,3-4,6,8,10,12-13H2,1-2H3;1H. The van der Waals surface area contributed by atoms with Crippen LogP contribution in [0.5, 0.6) is 0 Å². The highest BCUT2D eigenvalue weighted by atomic mass is 79.9. The molecule has 22 heavy (non-hydrogen) atoms. The molecule has 5 heteroatoms. The van der Waals surface area contributed by atoms with Crippen molar-refractivity contribution in [3.05, 3.63) is 34.9 Å². The Kier molecular flexibility index (Phi) is 8.44. The number of benzene rings is 1. The van der Waals surface area contributed by atoms with Crippen molar-refractivity contribution in [2.45, 2.75) is 33.2 Å². The predicted molar refractivity (Wildman–Crippen MR) is 86.5 cm³/mol. The first-order valence-electron chi connectivity index (χ1n) is 8.00. The van der Waals surface area contributed by atoms with Crippen LogP contribution < -0.4 is 21.9 Å². The number of nitrogens with zero attached hydrogens (tertiary/aromatic N) is 1. The number of likely N-dealkylation sites (tertiary alicyclic amines) is 1. The molecule has 0 aliphatic carbocycles. The molecule has 2 atom stereocenters. The zero-order valence-electron chi connectivity index (χ0n) is 13.4. The molecule has 0 aromatic heterocycles. The molecule has 2 rings (SSSR count). The molecule has 1 N–H and O–H groups in total. The summed E-state index contributed by atoms with van der Waals surface area (Å²) in [5.74, 6) is 0.524. The summed E-state index contributed by atoms with van der Waals surface area (Å²) in [4.78, 5) is 16.0. The summed E-state index contributed by atoms with van der Waals surface area (Å²) in [5.41, 5.74) is 1.26. The topological polar surface area (TPSA) is 24.8 Å². The van der Waals surface area contributed by atoms with Crippen molar-refractivity contribution in [1.29, 1.82) is 0 Å². The SMILES string of the molecule is CCN(CC)C(=O)C1CCC[NH+](Cc2cccc(Cl)c2)C1.[Br-]. The Labute approximate surface area is 149 Å². The first-order chi connectivity index (χ1) is 10.1. The maximum Gasteiger partial charge on any atom is 0.231 e. The number of rotatable bonds is 5. The lowest BCUT2D eigenvalue weighted by Gasteiger charge is -2.32. The van der Waals surface area contributed by atoms with Crippen LogP contribution in [0.25, 0.3) is 0 Å². The number of piperidine rings is 1. The van der Waals surface area contributed by atoms with Gasteiger partial charge < -0.3 is 26.8 Å². The molecule has 3 nitrogen and oxygen atoms in total. The predicted octanol–water partition coefficient (Wildman–Crippen LogP) is -0.993. The monoisotopic (exact) mass is 388 g/mol. The summed E-state index contributed by atoms with van der Waals surface area (Å²) in [6.07, 6.45) is 2.17. The van der Waals surface area contributed by atoms with Crippen LogP contribution in [0.4, 0.5) is 0 Å². The van der Waals surface area contributed by atoms with Crippen molar-refractivity contribution < 1.29 is 26.7 Å². The van der Waals surface area contributed by atoms with E-state index in [1.165, 1.54) is 10.5 Å². The Morgan fingerprint density at radius 3 is 2.73 bits per heavy atom. The third-order valence-electron chi connectivity index (χ3n) is 4.39. The van der Waals surface area contributed by atoms with Gasteiger partial charge in [-0.25, -0.2) is 0 Å². The molecule has 2 unspecified atom stereocenters. The molecule has 124 valence electrons. The zero-order valence-corrected chi connectivity index (χ0v) is 15.8. The minimum atomic E-state index is 0. The Hall–Kier alpha value is -0.580. The molecule has 1 aromatic rings. The second-order valence-corrected chi connectivity index (χ2v) is 6.30. The van der Waals surface area contributed by atoms with E-state index in [9.17, 15) is 4.79 Å². The quantitative estimate of drug-likeness (QED) is 0.687. The molecule has 0 bridgehead atoms. The van der Waals surface area contributed by atoms with Crippen LogP contribution in [0, 0.1) is 5.92 Å². The maximum atomic E-state index is 12.5. The van der Waals surface area contributed by atoms with E-state index >= 15 is 0 Å². The van der Waals surface area contributed by atoms with Gasteiger partial charge in [0.15, 0.2) is 0 Å². The molecule has 1 aliphatic heterocycles. The number of quaternary nitrogens is 1. The van der Waals surface area contributed by atoms with Gasteiger partial charge in [0.25, 0.3) is 0 Å². The minimum absolute atomic E-state index is 0. The number of carbonyl (C=O) groups excluding carboxylic acids is 1. The van der Waals surface area contributed by atoms with Crippen LogP contribution >= 0.6 is 11.6 Å². The van der Waals surface area contributed by atoms with E-state index in [0.717, 1.165) is 50.6 Å². The normalized spacial score (nSPS) is 21.0. The molecule has 1 fully saturated rings. The second kappa shape index (κ2) is 9.53. The van der Waals surface area contributed by atoms with E-state index in [1.54, 1.807) is 0 Å². The van der Waals surface area contributed by atoms with E-state index < -0.39 is 0 Å². The van der Waals surface area contributed by atoms with Crippen LogP contribution in [-0.4, -0.2) is 37.0 Å². The first kappa shape index (κ1) is 19.5. The Balaban J connectivity index is 0.00000242. The average molecular weight is 390 g/mol. The zero-order chi connectivity index (χ0) is 15.2. The van der Waals surface area contributed by atoms with Crippen molar-refractivity contribution in [2.24, 2.45) is 5.92 Å². The van der Waals surface area contributed by atoms with E-state index in [0.29, 0.717) is 5.91 Å². The highest BCUT2D eigenvalue weighted by molar-refractivity contribution is 6.30. The smallest absolute Gasteiger partial charge is 0.231 e. The highest BCUT2D eigenvalue weighted by Gasteiger charge is 2.30. The van der Waals surface area contributed by atoms with Gasteiger partial charge in [-0.2, -0.15) is 0 Å². The van der Waals surface area contributed by atoms with Gasteiger partial charge in [0.05, 0.1) is 19.0 Å². The number of hydrogen-bond donors (Lipinski definition) is 1. The number of carbonyl (C=O) groups is 1. The number of nitrogens with one attached hydrogen (secondary N) is 1. The van der Waals surface area contributed by atoms with E-state index in [2.05, 4.69) is 19.9 Å². The van der Waals surface area contributed by atoms with Crippen LogP contribution in [0.3, 0.4) is 0 Å². The molecule has 1 aromatic carbocycles. The molecular weight excluding hydrogens is 364 g/mol. The molecule has 1 saturated heterocycles. The van der Waals surface area contributed by atoms with Crippen LogP contribution in [0.1, 0.15) is 32.3 Å². The fourth-order valence-corrected chi connectivity index (χ4v) is 3.46. The summed E-state index contributed by atoms with van der Waals surface area (Å²) in [6, 6.07) is 8.06. The van der Waals surface area contributed by atoms with Gasteiger partial charge in [-0.3, -0.25) is 4.79 Å². The number of halogens is 2. The van der Waals surface area contributed by atoms with E-state index in [-0.39, 0.29) is 22.9 Å². The maximum absolute atomic E-state index is 12.5. The van der Waals surface area contributed by atoms with Gasteiger partial charge in [0.1, 0.15) is 6.54 Å². The van der Waals surface area contributed by atoms with Gasteiger partial charge in [-0.1, -0.05) is 23.7 Å². The lowest BCUT2D eigenvalue weighted by atomic mass is 9.96. The lowest BCUT2D eigenvalue weighted by Crippen LogP contribution is -3.12. The van der Waals surface area contributed by atoms with Gasteiger partial charge in [0.2, 0.25) is 5.91 Å². The molecule has 0 spiro atoms.